The number of amides is 1. The summed E-state index contributed by atoms with van der Waals surface area (Å²) in [6.45, 7) is 4.71. The molecule has 0 aromatic carbocycles. The van der Waals surface area contributed by atoms with Gasteiger partial charge >= 0.3 is 0 Å². The molecule has 1 rings (SSSR count). The van der Waals surface area contributed by atoms with E-state index in [1.54, 1.807) is 24.5 Å². The Labute approximate surface area is 95.7 Å². The van der Waals surface area contributed by atoms with Crippen LogP contribution in [0.15, 0.2) is 24.5 Å². The number of nitrogens with one attached hydrogen (secondary N) is 1. The zero-order valence-corrected chi connectivity index (χ0v) is 9.73. The summed E-state index contributed by atoms with van der Waals surface area (Å²) in [6.07, 6.45) is 3.85. The van der Waals surface area contributed by atoms with Gasteiger partial charge in [0.25, 0.3) is 5.91 Å². The fourth-order valence-corrected chi connectivity index (χ4v) is 1.32. The van der Waals surface area contributed by atoms with E-state index in [4.69, 9.17) is 5.11 Å². The fourth-order valence-electron chi connectivity index (χ4n) is 1.32. The molecular weight excluding hydrogens is 204 g/mol. The summed E-state index contributed by atoms with van der Waals surface area (Å²) >= 11 is 0. The molecule has 0 saturated heterocycles. The summed E-state index contributed by atoms with van der Waals surface area (Å²) in [7, 11) is 0. The lowest BCUT2D eigenvalue weighted by Gasteiger charge is -2.23. The fraction of sp³-hybridized carbons (Fsp3) is 0.500. The van der Waals surface area contributed by atoms with E-state index < -0.39 is 0 Å². The van der Waals surface area contributed by atoms with E-state index in [2.05, 4.69) is 10.3 Å². The Hall–Kier alpha value is -1.42. The van der Waals surface area contributed by atoms with Crippen LogP contribution in [0.1, 0.15) is 30.6 Å². The number of pyridine rings is 1. The van der Waals surface area contributed by atoms with E-state index in [1.807, 2.05) is 13.8 Å². The third-order valence-electron chi connectivity index (χ3n) is 2.46. The average Bonchev–Trinajstić information content (AvgIpc) is 2.27. The van der Waals surface area contributed by atoms with E-state index in [9.17, 15) is 4.79 Å². The standard InChI is InChI=1S/C12H18N2O2/c1-12(2,5-8-15)9-14-11(16)10-3-6-13-7-4-10/h3-4,6-7,15H,5,8-9H2,1-2H3,(H,14,16). The lowest BCUT2D eigenvalue weighted by molar-refractivity contribution is 0.0928. The molecule has 4 heteroatoms. The van der Waals surface area contributed by atoms with Crippen molar-refractivity contribution in [3.8, 4) is 0 Å². The van der Waals surface area contributed by atoms with Crippen molar-refractivity contribution in [2.24, 2.45) is 5.41 Å². The van der Waals surface area contributed by atoms with E-state index >= 15 is 0 Å². The lowest BCUT2D eigenvalue weighted by atomic mass is 9.89. The van der Waals surface area contributed by atoms with Gasteiger partial charge in [-0.3, -0.25) is 9.78 Å². The molecule has 0 aliphatic carbocycles. The molecule has 4 nitrogen and oxygen atoms in total. The second-order valence-electron chi connectivity index (χ2n) is 4.56. The van der Waals surface area contributed by atoms with Gasteiger partial charge in [-0.15, -0.1) is 0 Å². The first kappa shape index (κ1) is 12.6. The number of carbonyl (C=O) groups excluding carboxylic acids is 1. The topological polar surface area (TPSA) is 62.2 Å². The maximum Gasteiger partial charge on any atom is 0.251 e. The third-order valence-corrected chi connectivity index (χ3v) is 2.46. The Morgan fingerprint density at radius 2 is 2.06 bits per heavy atom. The smallest absolute Gasteiger partial charge is 0.251 e. The number of aromatic nitrogens is 1. The van der Waals surface area contributed by atoms with Gasteiger partial charge in [0.2, 0.25) is 0 Å². The summed E-state index contributed by atoms with van der Waals surface area (Å²) < 4.78 is 0. The number of rotatable bonds is 5. The van der Waals surface area contributed by atoms with Gasteiger partial charge in [0, 0.05) is 31.1 Å². The molecule has 1 aromatic rings. The third kappa shape index (κ3) is 3.98. The first-order chi connectivity index (χ1) is 7.55. The second-order valence-corrected chi connectivity index (χ2v) is 4.56. The van der Waals surface area contributed by atoms with Gasteiger partial charge in [-0.2, -0.15) is 0 Å². The van der Waals surface area contributed by atoms with E-state index in [-0.39, 0.29) is 17.9 Å². The van der Waals surface area contributed by atoms with Crippen molar-refractivity contribution in [2.45, 2.75) is 20.3 Å². The molecule has 16 heavy (non-hydrogen) atoms. The zero-order valence-electron chi connectivity index (χ0n) is 9.73. The molecule has 2 N–H and O–H groups in total. The summed E-state index contributed by atoms with van der Waals surface area (Å²) in [5.41, 5.74) is 0.520. The van der Waals surface area contributed by atoms with Crippen molar-refractivity contribution in [3.05, 3.63) is 30.1 Å². The summed E-state index contributed by atoms with van der Waals surface area (Å²) in [4.78, 5) is 15.5. The van der Waals surface area contributed by atoms with Gasteiger partial charge in [0.1, 0.15) is 0 Å². The van der Waals surface area contributed by atoms with Crippen LogP contribution in [0.4, 0.5) is 0 Å². The number of aliphatic hydroxyl groups is 1. The maximum atomic E-state index is 11.7. The van der Waals surface area contributed by atoms with Crippen LogP contribution in [0.25, 0.3) is 0 Å². The molecule has 0 radical (unpaired) electrons. The van der Waals surface area contributed by atoms with Gasteiger partial charge in [0.15, 0.2) is 0 Å². The monoisotopic (exact) mass is 222 g/mol. The van der Waals surface area contributed by atoms with Crippen LogP contribution in [0.2, 0.25) is 0 Å². The first-order valence-electron chi connectivity index (χ1n) is 5.34. The van der Waals surface area contributed by atoms with Crippen LogP contribution in [0.5, 0.6) is 0 Å². The normalized spacial score (nSPS) is 11.2. The van der Waals surface area contributed by atoms with Gasteiger partial charge in [-0.05, 0) is 24.0 Å². The molecule has 88 valence electrons. The summed E-state index contributed by atoms with van der Waals surface area (Å²) in [5, 5.41) is 11.7. The lowest BCUT2D eigenvalue weighted by Crippen LogP contribution is -2.34. The Morgan fingerprint density at radius 3 is 2.62 bits per heavy atom. The number of nitrogens with zero attached hydrogens (tertiary/aromatic N) is 1. The molecule has 0 spiro atoms. The van der Waals surface area contributed by atoms with Crippen LogP contribution < -0.4 is 5.32 Å². The van der Waals surface area contributed by atoms with Crippen LogP contribution in [-0.2, 0) is 0 Å². The minimum Gasteiger partial charge on any atom is -0.396 e. The molecule has 1 aromatic heterocycles. The van der Waals surface area contributed by atoms with Crippen molar-refractivity contribution < 1.29 is 9.90 Å². The highest BCUT2D eigenvalue weighted by molar-refractivity contribution is 5.93. The predicted octanol–water partition coefficient (Wildman–Crippen LogP) is 1.22. The molecule has 1 heterocycles. The Morgan fingerprint density at radius 1 is 1.44 bits per heavy atom. The first-order valence-corrected chi connectivity index (χ1v) is 5.34. The van der Waals surface area contributed by atoms with Gasteiger partial charge in [0.05, 0.1) is 0 Å². The highest BCUT2D eigenvalue weighted by Gasteiger charge is 2.18. The van der Waals surface area contributed by atoms with Crippen LogP contribution in [0, 0.1) is 5.41 Å². The molecule has 0 aliphatic heterocycles. The predicted molar refractivity (Wildman–Crippen MR) is 62.1 cm³/mol. The molecule has 0 bridgehead atoms. The van der Waals surface area contributed by atoms with Gasteiger partial charge in [-0.25, -0.2) is 0 Å². The van der Waals surface area contributed by atoms with Crippen molar-refractivity contribution in [1.82, 2.24) is 10.3 Å². The molecular formula is C12H18N2O2. The Bertz CT molecular complexity index is 336. The van der Waals surface area contributed by atoms with Crippen LogP contribution >= 0.6 is 0 Å². The number of aliphatic hydroxyl groups excluding tert-OH is 1. The largest absolute Gasteiger partial charge is 0.396 e. The zero-order chi connectivity index (χ0) is 12.0. The summed E-state index contributed by atoms with van der Waals surface area (Å²) in [5.74, 6) is -0.103. The SMILES string of the molecule is CC(C)(CCO)CNC(=O)c1ccncc1. The molecule has 0 unspecified atom stereocenters. The molecule has 1 amide bonds. The minimum absolute atomic E-state index is 0.0859. The van der Waals surface area contributed by atoms with E-state index in [1.165, 1.54) is 0 Å². The highest BCUT2D eigenvalue weighted by Crippen LogP contribution is 2.18. The van der Waals surface area contributed by atoms with E-state index in [0.29, 0.717) is 18.5 Å². The average molecular weight is 222 g/mol. The number of carbonyl (C=O) groups is 1. The Balaban J connectivity index is 2.48. The van der Waals surface area contributed by atoms with Crippen molar-refractivity contribution >= 4 is 5.91 Å². The molecule has 0 saturated carbocycles. The number of hydrogen-bond donors (Lipinski definition) is 2. The second kappa shape index (κ2) is 5.61. The van der Waals surface area contributed by atoms with Crippen molar-refractivity contribution in [2.75, 3.05) is 13.2 Å². The molecule has 0 atom stereocenters. The summed E-state index contributed by atoms with van der Waals surface area (Å²) in [6, 6.07) is 3.35. The Kier molecular flexibility index (Phi) is 4.43. The number of hydrogen-bond acceptors (Lipinski definition) is 3. The minimum atomic E-state index is -0.103. The van der Waals surface area contributed by atoms with Crippen molar-refractivity contribution in [3.63, 3.8) is 0 Å². The van der Waals surface area contributed by atoms with Crippen LogP contribution in [-0.4, -0.2) is 29.1 Å². The quantitative estimate of drug-likeness (QED) is 0.787. The highest BCUT2D eigenvalue weighted by atomic mass is 16.3. The molecule has 0 fully saturated rings. The van der Waals surface area contributed by atoms with Gasteiger partial charge < -0.3 is 10.4 Å². The maximum absolute atomic E-state index is 11.7. The van der Waals surface area contributed by atoms with Gasteiger partial charge in [-0.1, -0.05) is 13.8 Å². The van der Waals surface area contributed by atoms with Crippen molar-refractivity contribution in [1.29, 1.82) is 0 Å². The molecule has 0 aliphatic rings. The van der Waals surface area contributed by atoms with Crippen LogP contribution in [0.3, 0.4) is 0 Å². The van der Waals surface area contributed by atoms with E-state index in [0.717, 1.165) is 0 Å².